The van der Waals surface area contributed by atoms with Crippen LogP contribution in [0.25, 0.3) is 0 Å². The van der Waals surface area contributed by atoms with Crippen molar-refractivity contribution in [3.8, 4) is 0 Å². The highest BCUT2D eigenvalue weighted by Crippen LogP contribution is 2.23. The average molecular weight is 238 g/mol. The van der Waals surface area contributed by atoms with E-state index in [0.29, 0.717) is 6.04 Å². The largest absolute Gasteiger partial charge is 0.391 e. The van der Waals surface area contributed by atoms with Gasteiger partial charge in [-0.05, 0) is 57.3 Å². The summed E-state index contributed by atoms with van der Waals surface area (Å²) in [6.07, 6.45) is 3.87. The molecule has 90 valence electrons. The molecule has 1 saturated heterocycles. The molecule has 0 spiro atoms. The van der Waals surface area contributed by atoms with Crippen molar-refractivity contribution in [2.24, 2.45) is 5.92 Å². The fraction of sp³-hybridized carbons (Fsp3) is 0.692. The Labute approximate surface area is 102 Å². The van der Waals surface area contributed by atoms with Gasteiger partial charge in [0.15, 0.2) is 0 Å². The third-order valence-electron chi connectivity index (χ3n) is 3.62. The molecule has 1 atom stereocenters. The molecule has 2 rings (SSSR count). The van der Waals surface area contributed by atoms with Gasteiger partial charge in [-0.2, -0.15) is 0 Å². The summed E-state index contributed by atoms with van der Waals surface area (Å²) in [6, 6.07) is 4.85. The number of hydrogen-bond acceptors (Lipinski definition) is 3. The molecule has 0 amide bonds. The van der Waals surface area contributed by atoms with Crippen LogP contribution in [0.4, 0.5) is 5.00 Å². The Balaban J connectivity index is 1.85. The van der Waals surface area contributed by atoms with Crippen LogP contribution in [0.2, 0.25) is 0 Å². The highest BCUT2D eigenvalue weighted by molar-refractivity contribution is 7.15. The van der Waals surface area contributed by atoms with E-state index < -0.39 is 0 Å². The van der Waals surface area contributed by atoms with Gasteiger partial charge in [0.25, 0.3) is 0 Å². The van der Waals surface area contributed by atoms with E-state index in [-0.39, 0.29) is 0 Å². The number of rotatable bonds is 3. The molecule has 2 N–H and O–H groups in total. The second-order valence-corrected chi connectivity index (χ2v) is 6.28. The lowest BCUT2D eigenvalue weighted by molar-refractivity contribution is 0.146. The number of nitrogen functional groups attached to an aromatic ring is 1. The third-order valence-corrected chi connectivity index (χ3v) is 4.56. The standard InChI is InChI=1S/C13H22N2S/c1-10-5-7-15(8-6-10)11(2)9-12-3-4-13(14)16-12/h3-4,10-11H,5-9,14H2,1-2H3. The van der Waals surface area contributed by atoms with Gasteiger partial charge in [-0.1, -0.05) is 6.92 Å². The van der Waals surface area contributed by atoms with Crippen molar-refractivity contribution in [3.63, 3.8) is 0 Å². The SMILES string of the molecule is CC1CCN(C(C)Cc2ccc(N)s2)CC1. The maximum Gasteiger partial charge on any atom is 0.0859 e. The molecule has 2 nitrogen and oxygen atoms in total. The van der Waals surface area contributed by atoms with Gasteiger partial charge < -0.3 is 10.6 Å². The Kier molecular flexibility index (Phi) is 3.87. The molecule has 0 aliphatic carbocycles. The lowest BCUT2D eigenvalue weighted by atomic mass is 9.97. The molecular formula is C13H22N2S. The summed E-state index contributed by atoms with van der Waals surface area (Å²) in [7, 11) is 0. The van der Waals surface area contributed by atoms with Crippen LogP contribution >= 0.6 is 11.3 Å². The molecule has 1 aromatic rings. The Bertz CT molecular complexity index is 326. The zero-order valence-corrected chi connectivity index (χ0v) is 11.1. The third kappa shape index (κ3) is 2.98. The van der Waals surface area contributed by atoms with Crippen molar-refractivity contribution in [1.82, 2.24) is 4.90 Å². The van der Waals surface area contributed by atoms with E-state index in [1.54, 1.807) is 11.3 Å². The predicted molar refractivity (Wildman–Crippen MR) is 71.9 cm³/mol. The number of piperidine rings is 1. The lowest BCUT2D eigenvalue weighted by Gasteiger charge is -2.34. The molecule has 0 aromatic carbocycles. The first-order valence-corrected chi connectivity index (χ1v) is 7.05. The highest BCUT2D eigenvalue weighted by Gasteiger charge is 2.20. The molecular weight excluding hydrogens is 216 g/mol. The quantitative estimate of drug-likeness (QED) is 0.877. The minimum atomic E-state index is 0.658. The van der Waals surface area contributed by atoms with Gasteiger partial charge in [0.1, 0.15) is 0 Å². The van der Waals surface area contributed by atoms with Gasteiger partial charge in [0.05, 0.1) is 5.00 Å². The number of anilines is 1. The molecule has 1 aliphatic rings. The molecule has 1 aliphatic heterocycles. The fourth-order valence-corrected chi connectivity index (χ4v) is 3.29. The first-order chi connectivity index (χ1) is 7.65. The summed E-state index contributed by atoms with van der Waals surface area (Å²) in [5, 5.41) is 0.939. The topological polar surface area (TPSA) is 29.3 Å². The number of nitrogens with zero attached hydrogens (tertiary/aromatic N) is 1. The van der Waals surface area contributed by atoms with Gasteiger partial charge >= 0.3 is 0 Å². The van der Waals surface area contributed by atoms with Crippen molar-refractivity contribution in [3.05, 3.63) is 17.0 Å². The van der Waals surface area contributed by atoms with Gasteiger partial charge in [0, 0.05) is 10.9 Å². The van der Waals surface area contributed by atoms with E-state index in [2.05, 4.69) is 24.8 Å². The van der Waals surface area contributed by atoms with Crippen molar-refractivity contribution in [2.45, 2.75) is 39.2 Å². The zero-order valence-electron chi connectivity index (χ0n) is 10.3. The molecule has 1 unspecified atom stereocenters. The van der Waals surface area contributed by atoms with Crippen molar-refractivity contribution >= 4 is 16.3 Å². The average Bonchev–Trinajstić information content (AvgIpc) is 2.65. The Morgan fingerprint density at radius 1 is 1.44 bits per heavy atom. The Hall–Kier alpha value is -0.540. The van der Waals surface area contributed by atoms with Gasteiger partial charge in [-0.3, -0.25) is 0 Å². The van der Waals surface area contributed by atoms with Crippen LogP contribution in [0.5, 0.6) is 0 Å². The van der Waals surface area contributed by atoms with E-state index in [1.165, 1.54) is 30.8 Å². The van der Waals surface area contributed by atoms with E-state index in [4.69, 9.17) is 5.73 Å². The Morgan fingerprint density at radius 3 is 2.69 bits per heavy atom. The molecule has 0 bridgehead atoms. The fourth-order valence-electron chi connectivity index (χ4n) is 2.39. The lowest BCUT2D eigenvalue weighted by Crippen LogP contribution is -2.40. The number of likely N-dealkylation sites (tertiary alicyclic amines) is 1. The first kappa shape index (κ1) is 11.9. The highest BCUT2D eigenvalue weighted by atomic mass is 32.1. The summed E-state index contributed by atoms with van der Waals surface area (Å²) in [4.78, 5) is 4.04. The molecule has 16 heavy (non-hydrogen) atoms. The molecule has 0 saturated carbocycles. The summed E-state index contributed by atoms with van der Waals surface area (Å²) in [5.41, 5.74) is 5.76. The van der Waals surface area contributed by atoms with Crippen LogP contribution in [-0.4, -0.2) is 24.0 Å². The molecule has 1 aromatic heterocycles. The summed E-state index contributed by atoms with van der Waals surface area (Å²) < 4.78 is 0. The number of thiophene rings is 1. The van der Waals surface area contributed by atoms with E-state index in [1.807, 2.05) is 6.07 Å². The second kappa shape index (κ2) is 5.19. The smallest absolute Gasteiger partial charge is 0.0859 e. The van der Waals surface area contributed by atoms with Crippen molar-refractivity contribution < 1.29 is 0 Å². The van der Waals surface area contributed by atoms with Gasteiger partial charge in [-0.25, -0.2) is 0 Å². The zero-order chi connectivity index (χ0) is 11.5. The first-order valence-electron chi connectivity index (χ1n) is 6.23. The summed E-state index contributed by atoms with van der Waals surface area (Å²) >= 11 is 1.73. The van der Waals surface area contributed by atoms with Crippen LogP contribution in [-0.2, 0) is 6.42 Å². The molecule has 0 radical (unpaired) electrons. The van der Waals surface area contributed by atoms with Crippen LogP contribution in [0.3, 0.4) is 0 Å². The normalized spacial score (nSPS) is 21.1. The molecule has 2 heterocycles. The van der Waals surface area contributed by atoms with Crippen LogP contribution < -0.4 is 5.73 Å². The number of nitrogens with two attached hydrogens (primary N) is 1. The van der Waals surface area contributed by atoms with E-state index in [9.17, 15) is 0 Å². The van der Waals surface area contributed by atoms with E-state index >= 15 is 0 Å². The maximum atomic E-state index is 5.76. The summed E-state index contributed by atoms with van der Waals surface area (Å²) in [5.74, 6) is 0.917. The van der Waals surface area contributed by atoms with Gasteiger partial charge in [0.2, 0.25) is 0 Å². The van der Waals surface area contributed by atoms with Crippen LogP contribution in [0.15, 0.2) is 12.1 Å². The summed E-state index contributed by atoms with van der Waals surface area (Å²) in [6.45, 7) is 7.24. The maximum absolute atomic E-state index is 5.76. The minimum absolute atomic E-state index is 0.658. The molecule has 3 heteroatoms. The van der Waals surface area contributed by atoms with Crippen LogP contribution in [0.1, 0.15) is 31.6 Å². The Morgan fingerprint density at radius 2 is 2.12 bits per heavy atom. The second-order valence-electron chi connectivity index (χ2n) is 5.08. The van der Waals surface area contributed by atoms with Gasteiger partial charge in [-0.15, -0.1) is 11.3 Å². The predicted octanol–water partition coefficient (Wildman–Crippen LogP) is 2.99. The molecule has 1 fully saturated rings. The van der Waals surface area contributed by atoms with Crippen molar-refractivity contribution in [2.75, 3.05) is 18.8 Å². The monoisotopic (exact) mass is 238 g/mol. The van der Waals surface area contributed by atoms with Crippen LogP contribution in [0, 0.1) is 5.92 Å². The van der Waals surface area contributed by atoms with Crippen molar-refractivity contribution in [1.29, 1.82) is 0 Å². The minimum Gasteiger partial charge on any atom is -0.391 e. The number of hydrogen-bond donors (Lipinski definition) is 1. The van der Waals surface area contributed by atoms with E-state index in [0.717, 1.165) is 17.3 Å².